The molecule has 0 aliphatic carbocycles. The lowest BCUT2D eigenvalue weighted by Gasteiger charge is -2.10. The van der Waals surface area contributed by atoms with E-state index in [9.17, 15) is 0 Å². The van der Waals surface area contributed by atoms with Gasteiger partial charge in [-0.05, 0) is 31.0 Å². The summed E-state index contributed by atoms with van der Waals surface area (Å²) in [5.41, 5.74) is 1.20. The van der Waals surface area contributed by atoms with Crippen LogP contribution in [-0.2, 0) is 6.54 Å². The van der Waals surface area contributed by atoms with E-state index >= 15 is 0 Å². The van der Waals surface area contributed by atoms with Crippen LogP contribution >= 0.6 is 0 Å². The van der Waals surface area contributed by atoms with E-state index in [1.54, 1.807) is 0 Å². The maximum absolute atomic E-state index is 5.69. The van der Waals surface area contributed by atoms with Gasteiger partial charge in [-0.15, -0.1) is 10.2 Å². The monoisotopic (exact) mass is 289 g/mol. The minimum atomic E-state index is 0.0636. The standard InChI is InChI=1S/C15H23N5O/c1-3-4-5-10-21-14-8-6-13(7-9-14)11-16-12(2)15-17-19-20-18-15/h6-9,12,16H,3-5,10-11H2,1-2H3,(H,17,18,19,20). The lowest BCUT2D eigenvalue weighted by molar-refractivity contribution is 0.306. The van der Waals surface area contributed by atoms with Gasteiger partial charge in [-0.25, -0.2) is 0 Å². The molecular weight excluding hydrogens is 266 g/mol. The molecule has 1 atom stereocenters. The Morgan fingerprint density at radius 3 is 2.71 bits per heavy atom. The molecule has 0 radical (unpaired) electrons. The van der Waals surface area contributed by atoms with Crippen LogP contribution in [0.3, 0.4) is 0 Å². The fourth-order valence-electron chi connectivity index (χ4n) is 1.96. The van der Waals surface area contributed by atoms with Crippen molar-refractivity contribution in [1.82, 2.24) is 25.9 Å². The molecule has 1 aromatic heterocycles. The lowest BCUT2D eigenvalue weighted by Crippen LogP contribution is -2.19. The molecule has 0 saturated heterocycles. The van der Waals surface area contributed by atoms with Gasteiger partial charge in [0, 0.05) is 6.54 Å². The van der Waals surface area contributed by atoms with E-state index in [-0.39, 0.29) is 6.04 Å². The summed E-state index contributed by atoms with van der Waals surface area (Å²) >= 11 is 0. The average Bonchev–Trinajstić information content (AvgIpc) is 3.05. The molecule has 6 heteroatoms. The largest absolute Gasteiger partial charge is 0.494 e. The zero-order chi connectivity index (χ0) is 14.9. The summed E-state index contributed by atoms with van der Waals surface area (Å²) in [7, 11) is 0. The van der Waals surface area contributed by atoms with Crippen molar-refractivity contribution in [3.63, 3.8) is 0 Å². The molecule has 1 heterocycles. The number of hydrogen-bond acceptors (Lipinski definition) is 5. The summed E-state index contributed by atoms with van der Waals surface area (Å²) < 4.78 is 5.69. The number of benzene rings is 1. The van der Waals surface area contributed by atoms with Crippen LogP contribution in [0.1, 0.15) is 50.5 Å². The molecule has 1 unspecified atom stereocenters. The molecule has 0 fully saturated rings. The molecule has 2 N–H and O–H groups in total. The van der Waals surface area contributed by atoms with Crippen LogP contribution in [-0.4, -0.2) is 27.2 Å². The van der Waals surface area contributed by atoms with Crippen molar-refractivity contribution < 1.29 is 4.74 Å². The van der Waals surface area contributed by atoms with Gasteiger partial charge in [-0.1, -0.05) is 37.1 Å². The van der Waals surface area contributed by atoms with Crippen LogP contribution in [0, 0.1) is 0 Å². The topological polar surface area (TPSA) is 75.7 Å². The molecule has 1 aromatic carbocycles. The third kappa shape index (κ3) is 5.15. The highest BCUT2D eigenvalue weighted by atomic mass is 16.5. The predicted octanol–water partition coefficient (Wildman–Crippen LogP) is 2.62. The Hall–Kier alpha value is -1.95. The second-order valence-corrected chi connectivity index (χ2v) is 5.07. The molecule has 0 aliphatic heterocycles. The number of aromatic nitrogens is 4. The zero-order valence-electron chi connectivity index (χ0n) is 12.7. The van der Waals surface area contributed by atoms with Gasteiger partial charge < -0.3 is 10.1 Å². The molecule has 0 saturated carbocycles. The first-order chi connectivity index (χ1) is 10.3. The summed E-state index contributed by atoms with van der Waals surface area (Å²) in [6, 6.07) is 8.24. The molecule has 2 rings (SSSR count). The number of nitrogens with zero attached hydrogens (tertiary/aromatic N) is 3. The second-order valence-electron chi connectivity index (χ2n) is 5.07. The third-order valence-electron chi connectivity index (χ3n) is 3.30. The van der Waals surface area contributed by atoms with E-state index < -0.39 is 0 Å². The number of H-pyrrole nitrogens is 1. The maximum atomic E-state index is 5.69. The summed E-state index contributed by atoms with van der Waals surface area (Å²) in [5.74, 6) is 1.60. The molecule has 6 nitrogen and oxygen atoms in total. The van der Waals surface area contributed by atoms with Gasteiger partial charge in [0.1, 0.15) is 5.75 Å². The average molecular weight is 289 g/mol. The van der Waals surface area contributed by atoms with Crippen LogP contribution in [0.4, 0.5) is 0 Å². The van der Waals surface area contributed by atoms with Crippen molar-refractivity contribution in [1.29, 1.82) is 0 Å². The summed E-state index contributed by atoms with van der Waals surface area (Å²) in [6.45, 7) is 5.75. The lowest BCUT2D eigenvalue weighted by atomic mass is 10.2. The number of unbranched alkanes of at least 4 members (excludes halogenated alkanes) is 2. The molecule has 114 valence electrons. The maximum Gasteiger partial charge on any atom is 0.191 e. The van der Waals surface area contributed by atoms with Gasteiger partial charge in [0.2, 0.25) is 0 Å². The zero-order valence-corrected chi connectivity index (χ0v) is 12.7. The van der Waals surface area contributed by atoms with Crippen LogP contribution < -0.4 is 10.1 Å². The van der Waals surface area contributed by atoms with Gasteiger partial charge >= 0.3 is 0 Å². The fourth-order valence-corrected chi connectivity index (χ4v) is 1.96. The molecular formula is C15H23N5O. The first-order valence-corrected chi connectivity index (χ1v) is 7.48. The van der Waals surface area contributed by atoms with Crippen LogP contribution in [0.15, 0.2) is 24.3 Å². The van der Waals surface area contributed by atoms with Gasteiger partial charge in [-0.2, -0.15) is 5.21 Å². The van der Waals surface area contributed by atoms with Gasteiger partial charge in [0.25, 0.3) is 0 Å². The number of ether oxygens (including phenoxy) is 1. The van der Waals surface area contributed by atoms with Gasteiger partial charge in [0.05, 0.1) is 12.6 Å². The van der Waals surface area contributed by atoms with Crippen molar-refractivity contribution in [2.45, 2.75) is 45.7 Å². The van der Waals surface area contributed by atoms with Crippen molar-refractivity contribution in [2.75, 3.05) is 6.61 Å². The minimum absolute atomic E-state index is 0.0636. The highest BCUT2D eigenvalue weighted by Gasteiger charge is 2.09. The summed E-state index contributed by atoms with van der Waals surface area (Å²) in [6.07, 6.45) is 3.55. The number of aromatic amines is 1. The van der Waals surface area contributed by atoms with Crippen LogP contribution in [0.5, 0.6) is 5.75 Å². The van der Waals surface area contributed by atoms with Crippen LogP contribution in [0.25, 0.3) is 0 Å². The number of tetrazole rings is 1. The Bertz CT molecular complexity index is 497. The van der Waals surface area contributed by atoms with Crippen molar-refractivity contribution >= 4 is 0 Å². The Morgan fingerprint density at radius 1 is 1.24 bits per heavy atom. The molecule has 0 aliphatic rings. The molecule has 21 heavy (non-hydrogen) atoms. The quantitative estimate of drug-likeness (QED) is 0.694. The highest BCUT2D eigenvalue weighted by Crippen LogP contribution is 2.14. The SMILES string of the molecule is CCCCCOc1ccc(CNC(C)c2nn[nH]n2)cc1. The van der Waals surface area contributed by atoms with E-state index in [0.717, 1.165) is 25.3 Å². The number of rotatable bonds is 9. The van der Waals surface area contributed by atoms with E-state index in [0.29, 0.717) is 5.82 Å². The normalized spacial score (nSPS) is 12.3. The Kier molecular flexibility index (Phi) is 6.15. The first-order valence-electron chi connectivity index (χ1n) is 7.48. The van der Waals surface area contributed by atoms with E-state index in [4.69, 9.17) is 4.74 Å². The Balaban J connectivity index is 1.74. The molecule has 0 spiro atoms. The minimum Gasteiger partial charge on any atom is -0.494 e. The van der Waals surface area contributed by atoms with Gasteiger partial charge in [0.15, 0.2) is 5.82 Å². The molecule has 0 bridgehead atoms. The van der Waals surface area contributed by atoms with E-state index in [1.807, 2.05) is 19.1 Å². The highest BCUT2D eigenvalue weighted by molar-refractivity contribution is 5.27. The fraction of sp³-hybridized carbons (Fsp3) is 0.533. The Morgan fingerprint density at radius 2 is 2.05 bits per heavy atom. The number of hydrogen-bond donors (Lipinski definition) is 2. The predicted molar refractivity (Wildman–Crippen MR) is 80.9 cm³/mol. The number of nitrogens with one attached hydrogen (secondary N) is 2. The Labute approximate surface area is 125 Å². The summed E-state index contributed by atoms with van der Waals surface area (Å²) in [5, 5.41) is 17.3. The molecule has 0 amide bonds. The first kappa shape index (κ1) is 15.4. The van der Waals surface area contributed by atoms with Crippen molar-refractivity contribution in [3.05, 3.63) is 35.7 Å². The van der Waals surface area contributed by atoms with Crippen molar-refractivity contribution in [2.24, 2.45) is 0 Å². The molecule has 2 aromatic rings. The van der Waals surface area contributed by atoms with Crippen LogP contribution in [0.2, 0.25) is 0 Å². The van der Waals surface area contributed by atoms with E-state index in [1.165, 1.54) is 18.4 Å². The van der Waals surface area contributed by atoms with Crippen molar-refractivity contribution in [3.8, 4) is 5.75 Å². The van der Waals surface area contributed by atoms with Gasteiger partial charge in [-0.3, -0.25) is 0 Å². The third-order valence-corrected chi connectivity index (χ3v) is 3.30. The second kappa shape index (κ2) is 8.36. The smallest absolute Gasteiger partial charge is 0.191 e. The summed E-state index contributed by atoms with van der Waals surface area (Å²) in [4.78, 5) is 0. The van der Waals surface area contributed by atoms with E-state index in [2.05, 4.69) is 45.0 Å².